The van der Waals surface area contributed by atoms with Crippen molar-refractivity contribution in [1.29, 1.82) is 0 Å². The van der Waals surface area contributed by atoms with E-state index in [-0.39, 0.29) is 11.9 Å². The van der Waals surface area contributed by atoms with Gasteiger partial charge in [-0.15, -0.1) is 0 Å². The van der Waals surface area contributed by atoms with E-state index < -0.39 is 0 Å². The maximum atomic E-state index is 12.1. The quantitative estimate of drug-likeness (QED) is 0.861. The Morgan fingerprint density at radius 3 is 2.82 bits per heavy atom. The fourth-order valence-corrected chi connectivity index (χ4v) is 2.34. The largest absolute Gasteiger partial charge is 0.462 e. The fraction of sp³-hybridized carbons (Fsp3) is 0.353. The van der Waals surface area contributed by atoms with E-state index in [9.17, 15) is 4.79 Å². The molecular formula is C17H19N3O2. The molecule has 0 bridgehead atoms. The predicted molar refractivity (Wildman–Crippen MR) is 82.9 cm³/mol. The van der Waals surface area contributed by atoms with Crippen LogP contribution < -0.4 is 5.32 Å². The van der Waals surface area contributed by atoms with Crippen molar-refractivity contribution in [3.05, 3.63) is 53.5 Å². The van der Waals surface area contributed by atoms with Crippen LogP contribution in [0.4, 0.5) is 0 Å². The first-order valence-corrected chi connectivity index (χ1v) is 7.46. The second-order valence-corrected chi connectivity index (χ2v) is 5.66. The van der Waals surface area contributed by atoms with Crippen LogP contribution in [0.3, 0.4) is 0 Å². The van der Waals surface area contributed by atoms with Gasteiger partial charge in [0.15, 0.2) is 5.82 Å². The van der Waals surface area contributed by atoms with Gasteiger partial charge in [-0.2, -0.15) is 0 Å². The van der Waals surface area contributed by atoms with Crippen LogP contribution in [0, 0.1) is 19.8 Å². The number of amides is 1. The van der Waals surface area contributed by atoms with Gasteiger partial charge >= 0.3 is 0 Å². The van der Waals surface area contributed by atoms with Gasteiger partial charge < -0.3 is 9.73 Å². The van der Waals surface area contributed by atoms with Gasteiger partial charge in [0.1, 0.15) is 11.5 Å². The predicted octanol–water partition coefficient (Wildman–Crippen LogP) is 2.97. The molecule has 0 aromatic carbocycles. The van der Waals surface area contributed by atoms with Crippen molar-refractivity contribution in [1.82, 2.24) is 15.3 Å². The highest BCUT2D eigenvalue weighted by Crippen LogP contribution is 2.39. The van der Waals surface area contributed by atoms with E-state index in [2.05, 4.69) is 15.3 Å². The van der Waals surface area contributed by atoms with Crippen molar-refractivity contribution < 1.29 is 9.21 Å². The summed E-state index contributed by atoms with van der Waals surface area (Å²) in [6.45, 7) is 3.80. The summed E-state index contributed by atoms with van der Waals surface area (Å²) in [7, 11) is 0. The first-order valence-electron chi connectivity index (χ1n) is 7.46. The van der Waals surface area contributed by atoms with Gasteiger partial charge in [-0.3, -0.25) is 4.79 Å². The second-order valence-electron chi connectivity index (χ2n) is 5.66. The minimum Gasteiger partial charge on any atom is -0.462 e. The maximum Gasteiger partial charge on any atom is 0.244 e. The Balaban J connectivity index is 1.68. The van der Waals surface area contributed by atoms with Crippen molar-refractivity contribution in [2.45, 2.75) is 32.7 Å². The standard InChI is InChI=1S/C17H19N3O2/c1-11-9-10-18-17(19-11)16(13-4-5-13)20-15(21)8-7-14-6-3-12(2)22-14/h3,6-10,13,16H,4-5H2,1-2H3,(H,20,21). The third kappa shape index (κ3) is 3.61. The number of hydrogen-bond donors (Lipinski definition) is 1. The molecule has 1 saturated carbocycles. The minimum atomic E-state index is -0.156. The Morgan fingerprint density at radius 1 is 1.36 bits per heavy atom. The highest BCUT2D eigenvalue weighted by atomic mass is 16.3. The number of rotatable bonds is 5. The topological polar surface area (TPSA) is 68.0 Å². The molecule has 114 valence electrons. The fourth-order valence-electron chi connectivity index (χ4n) is 2.34. The van der Waals surface area contributed by atoms with Gasteiger partial charge in [-0.05, 0) is 56.9 Å². The van der Waals surface area contributed by atoms with Crippen LogP contribution in [0.2, 0.25) is 0 Å². The van der Waals surface area contributed by atoms with E-state index in [0.717, 1.165) is 24.3 Å². The second kappa shape index (κ2) is 6.13. The molecule has 1 atom stereocenters. The zero-order valence-corrected chi connectivity index (χ0v) is 12.7. The van der Waals surface area contributed by atoms with E-state index in [1.165, 1.54) is 6.08 Å². The molecular weight excluding hydrogens is 278 g/mol. The number of carbonyl (C=O) groups is 1. The Bertz CT molecular complexity index is 701. The van der Waals surface area contributed by atoms with Crippen molar-refractivity contribution in [3.8, 4) is 0 Å². The van der Waals surface area contributed by atoms with Crippen LogP contribution in [-0.2, 0) is 4.79 Å². The van der Waals surface area contributed by atoms with Gasteiger partial charge in [0.2, 0.25) is 5.91 Å². The number of aromatic nitrogens is 2. The number of nitrogens with one attached hydrogen (secondary N) is 1. The summed E-state index contributed by atoms with van der Waals surface area (Å²) in [6, 6.07) is 5.44. The van der Waals surface area contributed by atoms with E-state index in [1.54, 1.807) is 12.3 Å². The molecule has 1 aliphatic carbocycles. The maximum absolute atomic E-state index is 12.1. The number of aryl methyl sites for hydroxylation is 2. The number of furan rings is 1. The van der Waals surface area contributed by atoms with Crippen molar-refractivity contribution >= 4 is 12.0 Å². The summed E-state index contributed by atoms with van der Waals surface area (Å²) in [5, 5.41) is 3.01. The average Bonchev–Trinajstić information content (AvgIpc) is 3.25. The molecule has 2 aromatic heterocycles. The lowest BCUT2D eigenvalue weighted by Crippen LogP contribution is -2.29. The summed E-state index contributed by atoms with van der Waals surface area (Å²) in [5.74, 6) is 2.46. The minimum absolute atomic E-state index is 0.115. The van der Waals surface area contributed by atoms with Gasteiger partial charge in [0.05, 0.1) is 6.04 Å². The lowest BCUT2D eigenvalue weighted by Gasteiger charge is -2.15. The van der Waals surface area contributed by atoms with E-state index in [0.29, 0.717) is 17.5 Å². The molecule has 22 heavy (non-hydrogen) atoms. The Kier molecular flexibility index (Phi) is 4.04. The molecule has 0 spiro atoms. The molecule has 5 nitrogen and oxygen atoms in total. The Labute approximate surface area is 129 Å². The normalized spacial score (nSPS) is 15.9. The third-order valence-corrected chi connectivity index (χ3v) is 3.64. The number of carbonyl (C=O) groups excluding carboxylic acids is 1. The first-order chi connectivity index (χ1) is 10.6. The molecule has 5 heteroatoms. The summed E-state index contributed by atoms with van der Waals surface area (Å²) < 4.78 is 5.41. The van der Waals surface area contributed by atoms with Gasteiger partial charge in [-0.25, -0.2) is 9.97 Å². The zero-order chi connectivity index (χ0) is 15.5. The van der Waals surface area contributed by atoms with E-state index in [1.807, 2.05) is 32.0 Å². The van der Waals surface area contributed by atoms with Crippen molar-refractivity contribution in [2.75, 3.05) is 0 Å². The van der Waals surface area contributed by atoms with Crippen LogP contribution in [-0.4, -0.2) is 15.9 Å². The van der Waals surface area contributed by atoms with Gasteiger partial charge in [-0.1, -0.05) is 0 Å². The molecule has 1 amide bonds. The Morgan fingerprint density at radius 2 is 2.18 bits per heavy atom. The molecule has 3 rings (SSSR count). The molecule has 1 aliphatic rings. The average molecular weight is 297 g/mol. The van der Waals surface area contributed by atoms with Crippen LogP contribution in [0.5, 0.6) is 0 Å². The SMILES string of the molecule is Cc1ccnc(C(NC(=O)C=Cc2ccc(C)o2)C2CC2)n1. The van der Waals surface area contributed by atoms with E-state index >= 15 is 0 Å². The summed E-state index contributed by atoms with van der Waals surface area (Å²) in [6.07, 6.45) is 7.10. The number of nitrogens with zero attached hydrogens (tertiary/aromatic N) is 2. The lowest BCUT2D eigenvalue weighted by molar-refractivity contribution is -0.117. The molecule has 1 N–H and O–H groups in total. The van der Waals surface area contributed by atoms with Gasteiger partial charge in [0.25, 0.3) is 0 Å². The molecule has 1 fully saturated rings. The van der Waals surface area contributed by atoms with Crippen LogP contribution in [0.25, 0.3) is 6.08 Å². The Hall–Kier alpha value is -2.43. The number of hydrogen-bond acceptors (Lipinski definition) is 4. The third-order valence-electron chi connectivity index (χ3n) is 3.64. The summed E-state index contributed by atoms with van der Waals surface area (Å²) >= 11 is 0. The zero-order valence-electron chi connectivity index (χ0n) is 12.7. The molecule has 2 aromatic rings. The highest BCUT2D eigenvalue weighted by molar-refractivity contribution is 5.91. The molecule has 2 heterocycles. The molecule has 0 aliphatic heterocycles. The smallest absolute Gasteiger partial charge is 0.244 e. The summed E-state index contributed by atoms with van der Waals surface area (Å²) in [4.78, 5) is 20.9. The monoisotopic (exact) mass is 297 g/mol. The van der Waals surface area contributed by atoms with Crippen molar-refractivity contribution in [2.24, 2.45) is 5.92 Å². The molecule has 0 radical (unpaired) electrons. The van der Waals surface area contributed by atoms with Crippen LogP contribution in [0.1, 0.15) is 41.9 Å². The van der Waals surface area contributed by atoms with E-state index in [4.69, 9.17) is 4.42 Å². The van der Waals surface area contributed by atoms with Crippen molar-refractivity contribution in [3.63, 3.8) is 0 Å². The molecule has 1 unspecified atom stereocenters. The van der Waals surface area contributed by atoms with Gasteiger partial charge in [0, 0.05) is 18.0 Å². The highest BCUT2D eigenvalue weighted by Gasteiger charge is 2.34. The van der Waals surface area contributed by atoms with Crippen LogP contribution in [0.15, 0.2) is 34.9 Å². The molecule has 0 saturated heterocycles. The first kappa shape index (κ1) is 14.5. The van der Waals surface area contributed by atoms with Crippen LogP contribution >= 0.6 is 0 Å². The summed E-state index contributed by atoms with van der Waals surface area (Å²) in [5.41, 5.74) is 0.909. The lowest BCUT2D eigenvalue weighted by atomic mass is 10.1.